The second kappa shape index (κ2) is 10.6. The first-order chi connectivity index (χ1) is 10.7. The van der Waals surface area contributed by atoms with Crippen LogP contribution in [0.25, 0.3) is 0 Å². The Bertz CT molecular complexity index is 437. The maximum Gasteiger partial charge on any atom is 0.191 e. The third-order valence-electron chi connectivity index (χ3n) is 3.74. The smallest absolute Gasteiger partial charge is 0.191 e. The standard InChI is InChI=1S/C18H29O3P/c1-5-7-9-14-22(13-8-6-2)18(19)17-15(20-3)11-10-12-16(17)21-4/h10-12H,5-9,13-14H2,1-4H3. The summed E-state index contributed by atoms with van der Waals surface area (Å²) in [7, 11) is 2.56. The Labute approximate surface area is 136 Å². The highest BCUT2D eigenvalue weighted by Gasteiger charge is 2.25. The highest BCUT2D eigenvalue weighted by Crippen LogP contribution is 2.46. The summed E-state index contributed by atoms with van der Waals surface area (Å²) < 4.78 is 10.8. The number of benzene rings is 1. The molecule has 0 heterocycles. The van der Waals surface area contributed by atoms with Crippen LogP contribution in [-0.4, -0.2) is 32.1 Å². The first-order valence-corrected chi connectivity index (χ1v) is 9.91. The number of hydrogen-bond donors (Lipinski definition) is 0. The summed E-state index contributed by atoms with van der Waals surface area (Å²) in [4.78, 5) is 13.1. The van der Waals surface area contributed by atoms with Crippen LogP contribution < -0.4 is 9.47 Å². The van der Waals surface area contributed by atoms with Crippen molar-refractivity contribution in [3.63, 3.8) is 0 Å². The van der Waals surface area contributed by atoms with Gasteiger partial charge < -0.3 is 9.47 Å². The van der Waals surface area contributed by atoms with E-state index in [0.29, 0.717) is 17.1 Å². The molecule has 3 nitrogen and oxygen atoms in total. The average molecular weight is 324 g/mol. The minimum atomic E-state index is -0.658. The van der Waals surface area contributed by atoms with Gasteiger partial charge in [0.2, 0.25) is 0 Å². The van der Waals surface area contributed by atoms with Gasteiger partial charge in [-0.05, 0) is 45.2 Å². The Hall–Kier alpha value is -1.08. The van der Waals surface area contributed by atoms with Crippen LogP contribution in [0.4, 0.5) is 0 Å². The van der Waals surface area contributed by atoms with Gasteiger partial charge in [-0.25, -0.2) is 0 Å². The zero-order valence-corrected chi connectivity index (χ0v) is 15.2. The largest absolute Gasteiger partial charge is 0.496 e. The summed E-state index contributed by atoms with van der Waals surface area (Å²) >= 11 is 0. The summed E-state index contributed by atoms with van der Waals surface area (Å²) in [6.07, 6.45) is 7.78. The molecule has 1 aromatic carbocycles. The lowest BCUT2D eigenvalue weighted by Crippen LogP contribution is -2.08. The van der Waals surface area contributed by atoms with Crippen molar-refractivity contribution < 1.29 is 14.3 Å². The molecule has 22 heavy (non-hydrogen) atoms. The molecule has 1 unspecified atom stereocenters. The van der Waals surface area contributed by atoms with Crippen LogP contribution in [-0.2, 0) is 0 Å². The molecule has 124 valence electrons. The minimum Gasteiger partial charge on any atom is -0.496 e. The number of carbonyl (C=O) groups excluding carboxylic acids is 1. The lowest BCUT2D eigenvalue weighted by Gasteiger charge is -2.19. The molecule has 0 saturated carbocycles. The first-order valence-electron chi connectivity index (χ1n) is 8.19. The fraction of sp³-hybridized carbons (Fsp3) is 0.611. The molecular formula is C18H29O3P. The Morgan fingerprint density at radius 2 is 1.50 bits per heavy atom. The van der Waals surface area contributed by atoms with Gasteiger partial charge in [0.05, 0.1) is 14.2 Å². The van der Waals surface area contributed by atoms with Crippen LogP contribution in [0.2, 0.25) is 0 Å². The highest BCUT2D eigenvalue weighted by atomic mass is 31.1. The Balaban J connectivity index is 3.00. The number of ether oxygens (including phenoxy) is 2. The maximum atomic E-state index is 13.1. The molecule has 0 spiro atoms. The van der Waals surface area contributed by atoms with Crippen molar-refractivity contribution in [2.24, 2.45) is 0 Å². The molecule has 0 bridgehead atoms. The van der Waals surface area contributed by atoms with Gasteiger partial charge in [0.15, 0.2) is 5.52 Å². The Morgan fingerprint density at radius 3 is 2.00 bits per heavy atom. The highest BCUT2D eigenvalue weighted by molar-refractivity contribution is 7.75. The molecule has 1 rings (SSSR count). The zero-order valence-electron chi connectivity index (χ0n) is 14.4. The van der Waals surface area contributed by atoms with E-state index in [1.807, 2.05) is 18.2 Å². The van der Waals surface area contributed by atoms with Gasteiger partial charge >= 0.3 is 0 Å². The van der Waals surface area contributed by atoms with E-state index in [2.05, 4.69) is 13.8 Å². The molecule has 0 aliphatic carbocycles. The van der Waals surface area contributed by atoms with Gasteiger partial charge in [-0.15, -0.1) is 0 Å². The molecule has 0 amide bonds. The van der Waals surface area contributed by atoms with E-state index in [9.17, 15) is 4.79 Å². The van der Waals surface area contributed by atoms with Gasteiger partial charge in [0.1, 0.15) is 17.1 Å². The molecule has 0 N–H and O–H groups in total. The van der Waals surface area contributed by atoms with E-state index in [1.54, 1.807) is 14.2 Å². The lowest BCUT2D eigenvalue weighted by molar-refractivity contribution is 0.107. The topological polar surface area (TPSA) is 35.5 Å². The van der Waals surface area contributed by atoms with Crippen molar-refractivity contribution in [3.05, 3.63) is 23.8 Å². The van der Waals surface area contributed by atoms with Crippen LogP contribution in [0.15, 0.2) is 18.2 Å². The SMILES string of the molecule is CCCCCP(CCCC)C(=O)c1c(OC)cccc1OC. The van der Waals surface area contributed by atoms with Gasteiger partial charge in [0, 0.05) is 0 Å². The van der Waals surface area contributed by atoms with Gasteiger partial charge in [-0.1, -0.05) is 39.2 Å². The average Bonchev–Trinajstić information content (AvgIpc) is 2.56. The third-order valence-corrected chi connectivity index (χ3v) is 6.25. The summed E-state index contributed by atoms with van der Waals surface area (Å²) in [5, 5.41) is 0. The maximum absolute atomic E-state index is 13.1. The molecular weight excluding hydrogens is 295 g/mol. The zero-order chi connectivity index (χ0) is 16.4. The van der Waals surface area contributed by atoms with E-state index >= 15 is 0 Å². The van der Waals surface area contributed by atoms with Crippen LogP contribution in [0.3, 0.4) is 0 Å². The van der Waals surface area contributed by atoms with E-state index < -0.39 is 7.92 Å². The van der Waals surface area contributed by atoms with Crippen molar-refractivity contribution >= 4 is 13.4 Å². The predicted octanol–water partition coefficient (Wildman–Crippen LogP) is 5.32. The molecule has 0 radical (unpaired) electrons. The summed E-state index contributed by atoms with van der Waals surface area (Å²) in [5.74, 6) is 1.26. The monoisotopic (exact) mass is 324 g/mol. The predicted molar refractivity (Wildman–Crippen MR) is 95.0 cm³/mol. The van der Waals surface area contributed by atoms with Crippen molar-refractivity contribution in [2.75, 3.05) is 26.5 Å². The van der Waals surface area contributed by atoms with Gasteiger partial charge in [0.25, 0.3) is 0 Å². The summed E-state index contributed by atoms with van der Waals surface area (Å²) in [5.41, 5.74) is 0.861. The Kier molecular flexibility index (Phi) is 9.15. The first kappa shape index (κ1) is 19.0. The van der Waals surface area contributed by atoms with E-state index in [0.717, 1.165) is 31.6 Å². The number of rotatable bonds is 11. The third kappa shape index (κ3) is 5.28. The molecule has 0 aliphatic heterocycles. The number of carbonyl (C=O) groups is 1. The molecule has 1 aromatic rings. The normalized spacial score (nSPS) is 12.0. The van der Waals surface area contributed by atoms with Crippen molar-refractivity contribution in [1.82, 2.24) is 0 Å². The van der Waals surface area contributed by atoms with E-state index in [-0.39, 0.29) is 5.52 Å². The lowest BCUT2D eigenvalue weighted by atomic mass is 10.2. The van der Waals surface area contributed by atoms with Crippen LogP contribution in [0, 0.1) is 0 Å². The molecule has 0 aliphatic rings. The molecule has 0 fully saturated rings. The van der Waals surface area contributed by atoms with Crippen LogP contribution >= 0.6 is 7.92 Å². The van der Waals surface area contributed by atoms with Crippen molar-refractivity contribution in [3.8, 4) is 11.5 Å². The quantitative estimate of drug-likeness (QED) is 0.408. The second-order valence-corrected chi connectivity index (χ2v) is 7.77. The minimum absolute atomic E-state index is 0.230. The van der Waals surface area contributed by atoms with Crippen molar-refractivity contribution in [2.45, 2.75) is 46.0 Å². The summed E-state index contributed by atoms with van der Waals surface area (Å²) in [6, 6.07) is 5.55. The second-order valence-electron chi connectivity index (χ2n) is 5.39. The Morgan fingerprint density at radius 1 is 0.955 bits per heavy atom. The van der Waals surface area contributed by atoms with Crippen LogP contribution in [0.1, 0.15) is 56.3 Å². The molecule has 1 atom stereocenters. The van der Waals surface area contributed by atoms with E-state index in [4.69, 9.17) is 9.47 Å². The fourth-order valence-electron chi connectivity index (χ4n) is 2.44. The van der Waals surface area contributed by atoms with Crippen molar-refractivity contribution in [1.29, 1.82) is 0 Å². The summed E-state index contributed by atoms with van der Waals surface area (Å²) in [6.45, 7) is 4.37. The molecule has 0 aromatic heterocycles. The molecule has 0 saturated heterocycles. The van der Waals surface area contributed by atoms with E-state index in [1.165, 1.54) is 12.8 Å². The van der Waals surface area contributed by atoms with Crippen LogP contribution in [0.5, 0.6) is 11.5 Å². The number of unbranched alkanes of at least 4 members (excludes halogenated alkanes) is 3. The number of methoxy groups -OCH3 is 2. The number of hydrogen-bond acceptors (Lipinski definition) is 3. The van der Waals surface area contributed by atoms with Gasteiger partial charge in [-0.2, -0.15) is 0 Å². The van der Waals surface area contributed by atoms with Gasteiger partial charge in [-0.3, -0.25) is 4.79 Å². The molecule has 4 heteroatoms. The fourth-order valence-corrected chi connectivity index (χ4v) is 4.91.